The van der Waals surface area contributed by atoms with Gasteiger partial charge in [-0.3, -0.25) is 0 Å². The Hall–Kier alpha value is -3.39. The lowest BCUT2D eigenvalue weighted by Crippen LogP contribution is -2.51. The van der Waals surface area contributed by atoms with Gasteiger partial charge in [0.05, 0.1) is 0 Å². The summed E-state index contributed by atoms with van der Waals surface area (Å²) in [7, 11) is -2.01. The molecule has 6 aromatic carbocycles. The van der Waals surface area contributed by atoms with Crippen LogP contribution in [0.25, 0.3) is 0 Å². The predicted molar refractivity (Wildman–Crippen MR) is 214 cm³/mol. The molecular formula is C44H45P3. The Morgan fingerprint density at radius 2 is 0.447 bits per heavy atom. The van der Waals surface area contributed by atoms with E-state index in [1.165, 1.54) is 31.8 Å². The molecule has 0 spiro atoms. The monoisotopic (exact) mass is 666 g/mol. The molecule has 0 aliphatic heterocycles. The van der Waals surface area contributed by atoms with E-state index in [4.69, 9.17) is 0 Å². The van der Waals surface area contributed by atoms with Crippen molar-refractivity contribution in [2.24, 2.45) is 5.41 Å². The van der Waals surface area contributed by atoms with Crippen LogP contribution in [0, 0.1) is 5.41 Å². The van der Waals surface area contributed by atoms with E-state index in [0.29, 0.717) is 17.0 Å². The van der Waals surface area contributed by atoms with E-state index in [1.54, 1.807) is 0 Å². The van der Waals surface area contributed by atoms with Gasteiger partial charge < -0.3 is 0 Å². The second-order valence-corrected chi connectivity index (χ2v) is 20.2. The second-order valence-electron chi connectivity index (χ2n) is 12.5. The van der Waals surface area contributed by atoms with Crippen molar-refractivity contribution in [3.05, 3.63) is 182 Å². The van der Waals surface area contributed by atoms with E-state index in [1.807, 2.05) is 0 Å². The first-order valence-electron chi connectivity index (χ1n) is 16.7. The standard InChI is InChI=1S/C44H45P3/c1-35(45(38-23-11-5-12-24-38)39-25-13-6-14-26-39)44(4,36(2)46(40-27-15-7-16-28-40)41-29-17-8-18-30-41)37(3)47(42-31-19-9-20-32-42)43-33-21-10-22-34-43/h5-37H,1-4H3. The third-order valence-corrected chi connectivity index (χ3v) is 19.2. The topological polar surface area (TPSA) is 0 Å². The molecule has 3 unspecified atom stereocenters. The normalized spacial score (nSPS) is 14.9. The van der Waals surface area contributed by atoms with E-state index in [2.05, 4.69) is 210 Å². The molecule has 0 bridgehead atoms. The minimum absolute atomic E-state index is 0.0494. The zero-order valence-electron chi connectivity index (χ0n) is 27.9. The van der Waals surface area contributed by atoms with Gasteiger partial charge in [-0.05, 0) is 78.0 Å². The highest BCUT2D eigenvalue weighted by Gasteiger charge is 2.50. The van der Waals surface area contributed by atoms with Gasteiger partial charge in [-0.25, -0.2) is 0 Å². The van der Waals surface area contributed by atoms with E-state index >= 15 is 0 Å². The van der Waals surface area contributed by atoms with Crippen molar-refractivity contribution in [1.29, 1.82) is 0 Å². The molecule has 6 rings (SSSR count). The molecule has 0 amide bonds. The fourth-order valence-corrected chi connectivity index (χ4v) is 17.1. The minimum Gasteiger partial charge on any atom is -0.0622 e. The fourth-order valence-electron chi connectivity index (χ4n) is 7.20. The van der Waals surface area contributed by atoms with Crippen LogP contribution in [0.3, 0.4) is 0 Å². The average Bonchev–Trinajstić information content (AvgIpc) is 3.14. The van der Waals surface area contributed by atoms with Crippen LogP contribution in [0.4, 0.5) is 0 Å². The number of rotatable bonds is 12. The van der Waals surface area contributed by atoms with Crippen LogP contribution in [0.2, 0.25) is 0 Å². The van der Waals surface area contributed by atoms with Crippen LogP contribution >= 0.6 is 23.8 Å². The molecule has 236 valence electrons. The highest BCUT2D eigenvalue weighted by Crippen LogP contribution is 2.63. The zero-order chi connectivity index (χ0) is 32.6. The third-order valence-electron chi connectivity index (χ3n) is 10.1. The lowest BCUT2D eigenvalue weighted by molar-refractivity contribution is 0.311. The molecule has 0 heterocycles. The van der Waals surface area contributed by atoms with Crippen LogP contribution in [-0.2, 0) is 0 Å². The maximum atomic E-state index is 2.66. The molecular weight excluding hydrogens is 621 g/mol. The summed E-state index contributed by atoms with van der Waals surface area (Å²) in [4.78, 5) is 0. The summed E-state index contributed by atoms with van der Waals surface area (Å²) in [5.41, 5.74) is 1.12. The van der Waals surface area contributed by atoms with Gasteiger partial charge in [0.15, 0.2) is 0 Å². The van der Waals surface area contributed by atoms with Crippen LogP contribution in [-0.4, -0.2) is 17.0 Å². The summed E-state index contributed by atoms with van der Waals surface area (Å²) >= 11 is 0. The van der Waals surface area contributed by atoms with Gasteiger partial charge in [0.2, 0.25) is 0 Å². The van der Waals surface area contributed by atoms with Gasteiger partial charge in [-0.2, -0.15) is 0 Å². The highest BCUT2D eigenvalue weighted by molar-refractivity contribution is 7.76. The number of hydrogen-bond donors (Lipinski definition) is 0. The van der Waals surface area contributed by atoms with Crippen LogP contribution in [0.5, 0.6) is 0 Å². The zero-order valence-corrected chi connectivity index (χ0v) is 30.6. The molecule has 0 saturated carbocycles. The summed E-state index contributed by atoms with van der Waals surface area (Å²) in [6, 6.07) is 68.2. The molecule has 47 heavy (non-hydrogen) atoms. The van der Waals surface area contributed by atoms with E-state index < -0.39 is 23.8 Å². The third kappa shape index (κ3) is 7.23. The molecule has 0 saturated heterocycles. The van der Waals surface area contributed by atoms with E-state index in [0.717, 1.165) is 0 Å². The van der Waals surface area contributed by atoms with Crippen LogP contribution in [0.1, 0.15) is 27.7 Å². The SMILES string of the molecule is CC(P(c1ccccc1)c1ccccc1)C(C)(C(C)P(c1ccccc1)c1ccccc1)C(C)P(c1ccccc1)c1ccccc1. The second kappa shape index (κ2) is 15.7. The first kappa shape index (κ1) is 33.5. The molecule has 0 fully saturated rings. The molecule has 6 aromatic rings. The van der Waals surface area contributed by atoms with E-state index in [-0.39, 0.29) is 5.41 Å². The summed E-state index contributed by atoms with van der Waals surface area (Å²) in [6.45, 7) is 10.4. The Labute approximate surface area is 286 Å². The van der Waals surface area contributed by atoms with Crippen molar-refractivity contribution in [1.82, 2.24) is 0 Å². The molecule has 0 aliphatic carbocycles. The van der Waals surface area contributed by atoms with Crippen molar-refractivity contribution >= 4 is 55.6 Å². The maximum absolute atomic E-state index is 2.66. The first-order chi connectivity index (χ1) is 23.0. The molecule has 0 nitrogen and oxygen atoms in total. The Kier molecular flexibility index (Phi) is 11.2. The molecule has 0 N–H and O–H groups in total. The first-order valence-corrected chi connectivity index (χ1v) is 20.9. The predicted octanol–water partition coefficient (Wildman–Crippen LogP) is 9.56. The Morgan fingerprint density at radius 1 is 0.298 bits per heavy atom. The summed E-state index contributed by atoms with van der Waals surface area (Å²) in [5.74, 6) is 0. The van der Waals surface area contributed by atoms with Gasteiger partial charge in [-0.1, -0.05) is 210 Å². The average molecular weight is 667 g/mol. The van der Waals surface area contributed by atoms with Gasteiger partial charge in [0, 0.05) is 0 Å². The van der Waals surface area contributed by atoms with Gasteiger partial charge >= 0.3 is 0 Å². The van der Waals surface area contributed by atoms with Crippen molar-refractivity contribution in [3.63, 3.8) is 0 Å². The quantitative estimate of drug-likeness (QED) is 0.114. The van der Waals surface area contributed by atoms with Gasteiger partial charge in [0.25, 0.3) is 0 Å². The van der Waals surface area contributed by atoms with Crippen LogP contribution in [0.15, 0.2) is 182 Å². The molecule has 0 aliphatic rings. The van der Waals surface area contributed by atoms with Gasteiger partial charge in [-0.15, -0.1) is 0 Å². The number of hydrogen-bond acceptors (Lipinski definition) is 0. The largest absolute Gasteiger partial charge is 0.0622 e. The highest BCUT2D eigenvalue weighted by atomic mass is 31.1. The van der Waals surface area contributed by atoms with Crippen LogP contribution < -0.4 is 31.8 Å². The van der Waals surface area contributed by atoms with Crippen molar-refractivity contribution in [2.75, 3.05) is 0 Å². The summed E-state index contributed by atoms with van der Waals surface area (Å²) in [6.07, 6.45) is 0. The molecule has 3 heteroatoms. The molecule has 3 atom stereocenters. The Morgan fingerprint density at radius 3 is 0.596 bits per heavy atom. The fraction of sp³-hybridized carbons (Fsp3) is 0.182. The van der Waals surface area contributed by atoms with Crippen molar-refractivity contribution in [2.45, 2.75) is 44.7 Å². The van der Waals surface area contributed by atoms with Crippen molar-refractivity contribution in [3.8, 4) is 0 Å². The lowest BCUT2D eigenvalue weighted by Gasteiger charge is -2.53. The summed E-state index contributed by atoms with van der Waals surface area (Å²) in [5, 5.41) is 8.75. The molecule has 0 aromatic heterocycles. The summed E-state index contributed by atoms with van der Waals surface area (Å²) < 4.78 is 0. The minimum atomic E-state index is -0.669. The maximum Gasteiger partial charge on any atom is -0.00909 e. The Bertz CT molecular complexity index is 1450. The van der Waals surface area contributed by atoms with E-state index in [9.17, 15) is 0 Å². The van der Waals surface area contributed by atoms with Crippen molar-refractivity contribution < 1.29 is 0 Å². The lowest BCUT2D eigenvalue weighted by atomic mass is 9.80. The van der Waals surface area contributed by atoms with Gasteiger partial charge in [0.1, 0.15) is 0 Å². The smallest absolute Gasteiger partial charge is 0.00909 e. The number of benzene rings is 6. The molecule has 0 radical (unpaired) electrons. The Balaban J connectivity index is 1.60.